The number of nitrogens with zero attached hydrogens (tertiary/aromatic N) is 1. The standard InChI is InChI=1S/C18H17N3O2/c1-12(13-7-3-2-4-8-13)11-19-18(23)16-14-9-5-6-10-15(14)17(22)21-20-16/h2-10,12H,11H2,1H3,(H,19,23)(H,21,22)/t12-/m1/s1. The van der Waals surface area contributed by atoms with E-state index < -0.39 is 0 Å². The van der Waals surface area contributed by atoms with Crippen LogP contribution in [0.5, 0.6) is 0 Å². The lowest BCUT2D eigenvalue weighted by Crippen LogP contribution is -2.29. The van der Waals surface area contributed by atoms with E-state index in [1.54, 1.807) is 24.3 Å². The number of hydrogen-bond acceptors (Lipinski definition) is 3. The zero-order valence-electron chi connectivity index (χ0n) is 12.7. The van der Waals surface area contributed by atoms with Gasteiger partial charge in [0.25, 0.3) is 11.5 Å². The van der Waals surface area contributed by atoms with Gasteiger partial charge >= 0.3 is 0 Å². The van der Waals surface area contributed by atoms with E-state index in [2.05, 4.69) is 15.5 Å². The van der Waals surface area contributed by atoms with Crippen LogP contribution in [0, 0.1) is 0 Å². The molecule has 2 aromatic carbocycles. The molecule has 1 amide bonds. The molecule has 0 radical (unpaired) electrons. The van der Waals surface area contributed by atoms with Gasteiger partial charge in [-0.3, -0.25) is 9.59 Å². The van der Waals surface area contributed by atoms with Crippen LogP contribution in [0.3, 0.4) is 0 Å². The number of carbonyl (C=O) groups is 1. The number of rotatable bonds is 4. The predicted octanol–water partition coefficient (Wildman–Crippen LogP) is 2.46. The van der Waals surface area contributed by atoms with Crippen LogP contribution in [0.25, 0.3) is 10.8 Å². The van der Waals surface area contributed by atoms with Crippen molar-refractivity contribution in [3.05, 3.63) is 76.2 Å². The first-order valence-corrected chi connectivity index (χ1v) is 7.47. The molecular formula is C18H17N3O2. The number of aromatic nitrogens is 2. The van der Waals surface area contributed by atoms with Gasteiger partial charge in [0.2, 0.25) is 0 Å². The maximum atomic E-state index is 12.4. The van der Waals surface area contributed by atoms with Crippen LogP contribution in [-0.4, -0.2) is 22.6 Å². The fourth-order valence-corrected chi connectivity index (χ4v) is 2.52. The normalized spacial score (nSPS) is 12.0. The van der Waals surface area contributed by atoms with E-state index in [1.807, 2.05) is 37.3 Å². The third-order valence-corrected chi connectivity index (χ3v) is 3.85. The summed E-state index contributed by atoms with van der Waals surface area (Å²) in [4.78, 5) is 24.2. The Morgan fingerprint density at radius 1 is 1.09 bits per heavy atom. The summed E-state index contributed by atoms with van der Waals surface area (Å²) >= 11 is 0. The van der Waals surface area contributed by atoms with Crippen molar-refractivity contribution in [2.45, 2.75) is 12.8 Å². The smallest absolute Gasteiger partial charge is 0.272 e. The highest BCUT2D eigenvalue weighted by Gasteiger charge is 2.15. The number of amides is 1. The summed E-state index contributed by atoms with van der Waals surface area (Å²) < 4.78 is 0. The van der Waals surface area contributed by atoms with Crippen LogP contribution in [0.4, 0.5) is 0 Å². The molecule has 0 saturated carbocycles. The van der Waals surface area contributed by atoms with E-state index in [4.69, 9.17) is 0 Å². The highest BCUT2D eigenvalue weighted by molar-refractivity contribution is 6.04. The Labute approximate surface area is 133 Å². The van der Waals surface area contributed by atoms with Gasteiger partial charge in [0.1, 0.15) is 0 Å². The van der Waals surface area contributed by atoms with Crippen molar-refractivity contribution in [3.63, 3.8) is 0 Å². The molecule has 0 fully saturated rings. The highest BCUT2D eigenvalue weighted by Crippen LogP contribution is 2.15. The van der Waals surface area contributed by atoms with Gasteiger partial charge in [0, 0.05) is 11.9 Å². The SMILES string of the molecule is C[C@H](CNC(=O)c1n[nH]c(=O)c2ccccc12)c1ccccc1. The molecule has 2 N–H and O–H groups in total. The highest BCUT2D eigenvalue weighted by atomic mass is 16.2. The first-order chi connectivity index (χ1) is 11.2. The molecule has 1 aromatic heterocycles. The minimum atomic E-state index is -0.296. The molecule has 0 bridgehead atoms. The van der Waals surface area contributed by atoms with E-state index >= 15 is 0 Å². The molecule has 0 saturated heterocycles. The Kier molecular flexibility index (Phi) is 4.19. The minimum Gasteiger partial charge on any atom is -0.350 e. The molecule has 0 aliphatic carbocycles. The topological polar surface area (TPSA) is 74.8 Å². The molecule has 0 spiro atoms. The van der Waals surface area contributed by atoms with Gasteiger partial charge in [0.15, 0.2) is 5.69 Å². The number of carbonyl (C=O) groups excluding carboxylic acids is 1. The van der Waals surface area contributed by atoms with Gasteiger partial charge in [-0.25, -0.2) is 5.10 Å². The minimum absolute atomic E-state index is 0.189. The molecular weight excluding hydrogens is 290 g/mol. The zero-order valence-corrected chi connectivity index (χ0v) is 12.7. The monoisotopic (exact) mass is 307 g/mol. The molecule has 3 rings (SSSR count). The van der Waals surface area contributed by atoms with E-state index in [-0.39, 0.29) is 23.1 Å². The second-order valence-electron chi connectivity index (χ2n) is 5.47. The maximum absolute atomic E-state index is 12.4. The predicted molar refractivity (Wildman–Crippen MR) is 89.6 cm³/mol. The van der Waals surface area contributed by atoms with Crippen molar-refractivity contribution in [2.24, 2.45) is 0 Å². The lowest BCUT2D eigenvalue weighted by atomic mass is 10.0. The van der Waals surface area contributed by atoms with Crippen LogP contribution in [0.15, 0.2) is 59.4 Å². The number of fused-ring (bicyclic) bond motifs is 1. The van der Waals surface area contributed by atoms with Gasteiger partial charge in [-0.1, -0.05) is 55.5 Å². The summed E-state index contributed by atoms with van der Waals surface area (Å²) in [7, 11) is 0. The van der Waals surface area contributed by atoms with Crippen molar-refractivity contribution >= 4 is 16.7 Å². The fraction of sp³-hybridized carbons (Fsp3) is 0.167. The lowest BCUT2D eigenvalue weighted by Gasteiger charge is -2.13. The van der Waals surface area contributed by atoms with Gasteiger partial charge in [-0.2, -0.15) is 5.10 Å². The Bertz CT molecular complexity index is 887. The Morgan fingerprint density at radius 2 is 1.74 bits per heavy atom. The van der Waals surface area contributed by atoms with Crippen LogP contribution >= 0.6 is 0 Å². The van der Waals surface area contributed by atoms with Crippen molar-refractivity contribution in [1.82, 2.24) is 15.5 Å². The van der Waals surface area contributed by atoms with Gasteiger partial charge in [-0.15, -0.1) is 0 Å². The van der Waals surface area contributed by atoms with E-state index in [0.29, 0.717) is 17.3 Å². The third kappa shape index (κ3) is 3.13. The number of nitrogens with one attached hydrogen (secondary N) is 2. The molecule has 23 heavy (non-hydrogen) atoms. The van der Waals surface area contributed by atoms with Crippen LogP contribution < -0.4 is 10.9 Å². The average Bonchev–Trinajstić information content (AvgIpc) is 2.60. The lowest BCUT2D eigenvalue weighted by molar-refractivity contribution is 0.0947. The maximum Gasteiger partial charge on any atom is 0.272 e. The first kappa shape index (κ1) is 15.0. The molecule has 0 aliphatic heterocycles. The van der Waals surface area contributed by atoms with Crippen LogP contribution in [0.2, 0.25) is 0 Å². The molecule has 5 nitrogen and oxygen atoms in total. The molecule has 1 atom stereocenters. The quantitative estimate of drug-likeness (QED) is 0.777. The van der Waals surface area contributed by atoms with Crippen molar-refractivity contribution in [1.29, 1.82) is 0 Å². The molecule has 1 heterocycles. The second kappa shape index (κ2) is 6.44. The molecule has 5 heteroatoms. The molecule has 3 aromatic rings. The summed E-state index contributed by atoms with van der Waals surface area (Å²) in [5.41, 5.74) is 1.10. The number of benzene rings is 2. The van der Waals surface area contributed by atoms with Gasteiger partial charge in [-0.05, 0) is 17.5 Å². The Morgan fingerprint density at radius 3 is 2.48 bits per heavy atom. The zero-order chi connectivity index (χ0) is 16.2. The number of hydrogen-bond donors (Lipinski definition) is 2. The third-order valence-electron chi connectivity index (χ3n) is 3.85. The largest absolute Gasteiger partial charge is 0.350 e. The summed E-state index contributed by atoms with van der Waals surface area (Å²) in [5, 5.41) is 10.2. The Balaban J connectivity index is 1.79. The van der Waals surface area contributed by atoms with Crippen molar-refractivity contribution in [3.8, 4) is 0 Å². The average molecular weight is 307 g/mol. The summed E-state index contributed by atoms with van der Waals surface area (Å²) in [6.07, 6.45) is 0. The number of aromatic amines is 1. The van der Waals surface area contributed by atoms with Crippen LogP contribution in [-0.2, 0) is 0 Å². The molecule has 116 valence electrons. The first-order valence-electron chi connectivity index (χ1n) is 7.47. The van der Waals surface area contributed by atoms with E-state index in [9.17, 15) is 9.59 Å². The molecule has 0 aliphatic rings. The second-order valence-corrected chi connectivity index (χ2v) is 5.47. The van der Waals surface area contributed by atoms with E-state index in [1.165, 1.54) is 0 Å². The van der Waals surface area contributed by atoms with Gasteiger partial charge in [0.05, 0.1) is 5.39 Å². The van der Waals surface area contributed by atoms with E-state index in [0.717, 1.165) is 5.56 Å². The van der Waals surface area contributed by atoms with Crippen molar-refractivity contribution < 1.29 is 4.79 Å². The van der Waals surface area contributed by atoms with Gasteiger partial charge < -0.3 is 5.32 Å². The number of H-pyrrole nitrogens is 1. The Hall–Kier alpha value is -2.95. The fourth-order valence-electron chi connectivity index (χ4n) is 2.52. The summed E-state index contributed by atoms with van der Waals surface area (Å²) in [6.45, 7) is 2.55. The van der Waals surface area contributed by atoms with Crippen LogP contribution in [0.1, 0.15) is 28.9 Å². The molecule has 0 unspecified atom stereocenters. The summed E-state index contributed by atoms with van der Waals surface area (Å²) in [6, 6.07) is 16.9. The summed E-state index contributed by atoms with van der Waals surface area (Å²) in [5.74, 6) is -0.102. The van der Waals surface area contributed by atoms with Crippen molar-refractivity contribution in [2.75, 3.05) is 6.54 Å².